The maximum absolute atomic E-state index is 5.47. The van der Waals surface area contributed by atoms with Crippen LogP contribution < -0.4 is 10.2 Å². The summed E-state index contributed by atoms with van der Waals surface area (Å²) in [5, 5.41) is 4.73. The van der Waals surface area contributed by atoms with E-state index in [-0.39, 0.29) is 0 Å². The number of morpholine rings is 1. The molecule has 5 rings (SSSR count). The minimum atomic E-state index is 0.760. The van der Waals surface area contributed by atoms with Gasteiger partial charge in [0, 0.05) is 18.0 Å². The first-order valence-corrected chi connectivity index (χ1v) is 12.0. The molecule has 31 heavy (non-hydrogen) atoms. The number of rotatable bonds is 5. The van der Waals surface area contributed by atoms with Gasteiger partial charge in [0.25, 0.3) is 0 Å². The van der Waals surface area contributed by atoms with Gasteiger partial charge in [0.2, 0.25) is 0 Å². The molecular formula is C23H30N6OS. The van der Waals surface area contributed by atoms with E-state index in [1.807, 2.05) is 0 Å². The van der Waals surface area contributed by atoms with Gasteiger partial charge >= 0.3 is 0 Å². The Kier molecular flexibility index (Phi) is 5.77. The van der Waals surface area contributed by atoms with Crippen LogP contribution in [0.3, 0.4) is 0 Å². The largest absolute Gasteiger partial charge is 0.378 e. The van der Waals surface area contributed by atoms with Gasteiger partial charge in [-0.1, -0.05) is 0 Å². The summed E-state index contributed by atoms with van der Waals surface area (Å²) in [6.45, 7) is 12.8. The van der Waals surface area contributed by atoms with Crippen LogP contribution in [0.4, 0.5) is 17.3 Å². The molecule has 0 atom stereocenters. The SMILES string of the molecule is Cc1nc(N2CCOCC2)ccc1Nc1nc(CN2CCCC2)nc2sc(C)c(C)c12. The number of pyridine rings is 1. The number of hydrogen-bond acceptors (Lipinski definition) is 8. The average Bonchev–Trinajstić information content (AvgIpc) is 3.38. The number of likely N-dealkylation sites (tertiary alicyclic amines) is 1. The van der Waals surface area contributed by atoms with Crippen molar-refractivity contribution in [2.24, 2.45) is 0 Å². The fourth-order valence-corrected chi connectivity index (χ4v) is 5.42. The third kappa shape index (κ3) is 4.24. The second kappa shape index (κ2) is 8.68. The van der Waals surface area contributed by atoms with Crippen LogP contribution in [0.25, 0.3) is 10.2 Å². The Morgan fingerprint density at radius 2 is 1.77 bits per heavy atom. The fourth-order valence-electron chi connectivity index (χ4n) is 4.37. The molecule has 2 fully saturated rings. The fraction of sp³-hybridized carbons (Fsp3) is 0.522. The number of thiophene rings is 1. The highest BCUT2D eigenvalue weighted by atomic mass is 32.1. The van der Waals surface area contributed by atoms with E-state index in [9.17, 15) is 0 Å². The van der Waals surface area contributed by atoms with Gasteiger partial charge in [-0.2, -0.15) is 0 Å². The minimum Gasteiger partial charge on any atom is -0.378 e. The Morgan fingerprint density at radius 3 is 2.52 bits per heavy atom. The van der Waals surface area contributed by atoms with Gasteiger partial charge < -0.3 is 15.0 Å². The maximum atomic E-state index is 5.47. The summed E-state index contributed by atoms with van der Waals surface area (Å²) in [6, 6.07) is 4.21. The van der Waals surface area contributed by atoms with Crippen molar-refractivity contribution in [2.75, 3.05) is 49.6 Å². The molecule has 0 radical (unpaired) electrons. The summed E-state index contributed by atoms with van der Waals surface area (Å²) in [4.78, 5) is 21.8. The number of ether oxygens (including phenoxy) is 1. The van der Waals surface area contributed by atoms with Crippen molar-refractivity contribution in [3.8, 4) is 0 Å². The zero-order chi connectivity index (χ0) is 21.4. The summed E-state index contributed by atoms with van der Waals surface area (Å²) >= 11 is 1.76. The van der Waals surface area contributed by atoms with Gasteiger partial charge in [0.1, 0.15) is 22.3 Å². The van der Waals surface area contributed by atoms with Crippen molar-refractivity contribution in [1.82, 2.24) is 19.9 Å². The molecule has 1 N–H and O–H groups in total. The van der Waals surface area contributed by atoms with Gasteiger partial charge in [0.15, 0.2) is 0 Å². The molecule has 0 amide bonds. The summed E-state index contributed by atoms with van der Waals surface area (Å²) in [5.41, 5.74) is 3.22. The van der Waals surface area contributed by atoms with Crippen LogP contribution in [0.15, 0.2) is 12.1 Å². The lowest BCUT2D eigenvalue weighted by Crippen LogP contribution is -2.36. The van der Waals surface area contributed by atoms with Crippen LogP contribution in [0.2, 0.25) is 0 Å². The normalized spacial score (nSPS) is 17.6. The average molecular weight is 439 g/mol. The molecule has 164 valence electrons. The van der Waals surface area contributed by atoms with Crippen molar-refractivity contribution in [3.05, 3.63) is 34.1 Å². The molecule has 0 spiro atoms. The molecule has 8 heteroatoms. The van der Waals surface area contributed by atoms with Crippen LogP contribution in [0.1, 0.15) is 34.8 Å². The molecule has 0 saturated carbocycles. The van der Waals surface area contributed by atoms with E-state index < -0.39 is 0 Å². The number of fused-ring (bicyclic) bond motifs is 1. The second-order valence-corrected chi connectivity index (χ2v) is 9.67. The highest BCUT2D eigenvalue weighted by Gasteiger charge is 2.19. The van der Waals surface area contributed by atoms with Crippen molar-refractivity contribution in [1.29, 1.82) is 0 Å². The number of aromatic nitrogens is 3. The predicted molar refractivity (Wildman–Crippen MR) is 127 cm³/mol. The summed E-state index contributed by atoms with van der Waals surface area (Å²) in [6.07, 6.45) is 2.54. The molecule has 7 nitrogen and oxygen atoms in total. The zero-order valence-corrected chi connectivity index (χ0v) is 19.4. The van der Waals surface area contributed by atoms with Crippen LogP contribution >= 0.6 is 11.3 Å². The lowest BCUT2D eigenvalue weighted by atomic mass is 10.2. The molecule has 0 aromatic carbocycles. The topological polar surface area (TPSA) is 66.4 Å². The quantitative estimate of drug-likeness (QED) is 0.641. The van der Waals surface area contributed by atoms with Crippen LogP contribution in [0.5, 0.6) is 0 Å². The molecule has 3 aromatic rings. The Balaban J connectivity index is 1.47. The van der Waals surface area contributed by atoms with Gasteiger partial charge in [-0.05, 0) is 64.4 Å². The molecule has 0 aliphatic carbocycles. The third-order valence-corrected chi connectivity index (χ3v) is 7.40. The van der Waals surface area contributed by atoms with Gasteiger partial charge in [0.05, 0.1) is 36.5 Å². The Hall–Kier alpha value is -2.29. The molecular weight excluding hydrogens is 408 g/mol. The van der Waals surface area contributed by atoms with Crippen molar-refractivity contribution in [3.63, 3.8) is 0 Å². The van der Waals surface area contributed by atoms with Gasteiger partial charge in [-0.15, -0.1) is 11.3 Å². The van der Waals surface area contributed by atoms with E-state index in [1.165, 1.54) is 23.3 Å². The van der Waals surface area contributed by atoms with Crippen LogP contribution in [-0.4, -0.2) is 59.2 Å². The van der Waals surface area contributed by atoms with Crippen LogP contribution in [-0.2, 0) is 11.3 Å². The van der Waals surface area contributed by atoms with E-state index in [0.29, 0.717) is 0 Å². The van der Waals surface area contributed by atoms with E-state index in [0.717, 1.165) is 85.0 Å². The molecule has 2 aliphatic rings. The first-order valence-electron chi connectivity index (χ1n) is 11.1. The number of anilines is 3. The molecule has 3 aromatic heterocycles. The van der Waals surface area contributed by atoms with Gasteiger partial charge in [-0.3, -0.25) is 4.90 Å². The molecule has 0 unspecified atom stereocenters. The molecule has 5 heterocycles. The Bertz CT molecular complexity index is 1090. The number of aryl methyl sites for hydroxylation is 3. The molecule has 2 aliphatic heterocycles. The maximum Gasteiger partial charge on any atom is 0.146 e. The number of hydrogen-bond donors (Lipinski definition) is 1. The third-order valence-electron chi connectivity index (χ3n) is 6.30. The van der Waals surface area contributed by atoms with E-state index in [4.69, 9.17) is 19.7 Å². The van der Waals surface area contributed by atoms with Crippen molar-refractivity contribution in [2.45, 2.75) is 40.2 Å². The predicted octanol–water partition coefficient (Wildman–Crippen LogP) is 4.19. The summed E-state index contributed by atoms with van der Waals surface area (Å²) < 4.78 is 5.47. The van der Waals surface area contributed by atoms with E-state index in [1.54, 1.807) is 11.3 Å². The molecule has 2 saturated heterocycles. The van der Waals surface area contributed by atoms with E-state index in [2.05, 4.69) is 48.0 Å². The summed E-state index contributed by atoms with van der Waals surface area (Å²) in [5.74, 6) is 2.80. The number of nitrogens with zero attached hydrogens (tertiary/aromatic N) is 5. The first kappa shape index (κ1) is 20.6. The molecule has 0 bridgehead atoms. The second-order valence-electron chi connectivity index (χ2n) is 8.46. The standard InChI is InChI=1S/C23H30N6OS/c1-15-17(3)31-23-21(15)22(26-19(27-23)14-28-8-4-5-9-28)25-18-6-7-20(24-16(18)2)29-10-12-30-13-11-29/h6-7H,4-5,8-14H2,1-3H3,(H,25,26,27). The van der Waals surface area contributed by atoms with Crippen molar-refractivity contribution >= 4 is 38.9 Å². The van der Waals surface area contributed by atoms with Crippen molar-refractivity contribution < 1.29 is 4.74 Å². The lowest BCUT2D eigenvalue weighted by Gasteiger charge is -2.28. The highest BCUT2D eigenvalue weighted by Crippen LogP contribution is 2.35. The highest BCUT2D eigenvalue weighted by molar-refractivity contribution is 7.18. The Morgan fingerprint density at radius 1 is 1.00 bits per heavy atom. The van der Waals surface area contributed by atoms with Gasteiger partial charge in [-0.25, -0.2) is 15.0 Å². The zero-order valence-electron chi connectivity index (χ0n) is 18.6. The smallest absolute Gasteiger partial charge is 0.146 e. The lowest BCUT2D eigenvalue weighted by molar-refractivity contribution is 0.122. The first-order chi connectivity index (χ1) is 15.1. The number of nitrogens with one attached hydrogen (secondary N) is 1. The Labute approximate surface area is 187 Å². The van der Waals surface area contributed by atoms with E-state index >= 15 is 0 Å². The monoisotopic (exact) mass is 438 g/mol. The minimum absolute atomic E-state index is 0.760. The summed E-state index contributed by atoms with van der Waals surface area (Å²) in [7, 11) is 0. The van der Waals surface area contributed by atoms with Crippen LogP contribution in [0, 0.1) is 20.8 Å².